The van der Waals surface area contributed by atoms with E-state index in [-0.39, 0.29) is 19.0 Å². The molecule has 0 spiro atoms. The Bertz CT molecular complexity index is 1050. The van der Waals surface area contributed by atoms with Gasteiger partial charge in [0.25, 0.3) is 0 Å². The summed E-state index contributed by atoms with van der Waals surface area (Å²) in [4.78, 5) is 6.18. The van der Waals surface area contributed by atoms with Crippen LogP contribution in [-0.2, 0) is 0 Å². The Morgan fingerprint density at radius 3 is 2.62 bits per heavy atom. The summed E-state index contributed by atoms with van der Waals surface area (Å²) in [6, 6.07) is 18.0. The highest BCUT2D eigenvalue weighted by molar-refractivity contribution is 6.31. The van der Waals surface area contributed by atoms with Crippen molar-refractivity contribution in [1.82, 2.24) is 4.90 Å². The van der Waals surface area contributed by atoms with Crippen LogP contribution >= 0.6 is 24.0 Å². The summed E-state index contributed by atoms with van der Waals surface area (Å²) in [7, 11) is 1.67. The first kappa shape index (κ1) is 20.9. The van der Waals surface area contributed by atoms with Crippen LogP contribution in [0.25, 0.3) is 0 Å². The van der Waals surface area contributed by atoms with Crippen LogP contribution in [0.15, 0.2) is 76.3 Å². The Morgan fingerprint density at radius 2 is 1.93 bits per heavy atom. The average Bonchev–Trinajstić information content (AvgIpc) is 3.19. The molecular weight excluding hydrogens is 413 g/mol. The maximum Gasteiger partial charge on any atom is 0.228 e. The van der Waals surface area contributed by atoms with Crippen LogP contribution in [-0.4, -0.2) is 39.9 Å². The lowest BCUT2D eigenvalue weighted by Gasteiger charge is -2.24. The second-order valence-corrected chi connectivity index (χ2v) is 6.88. The van der Waals surface area contributed by atoms with Crippen molar-refractivity contribution < 1.29 is 14.3 Å². The molecule has 1 aliphatic heterocycles. The Hall–Kier alpha value is -2.80. The molecule has 29 heavy (non-hydrogen) atoms. The number of amidine groups is 1. The number of hydroxylamine groups is 1. The largest absolute Gasteiger partial charge is 0.623 e. The summed E-state index contributed by atoms with van der Waals surface area (Å²) in [6.07, 6.45) is 0.427. The number of hydrogen-bond donors (Lipinski definition) is 1. The number of benzene rings is 2. The summed E-state index contributed by atoms with van der Waals surface area (Å²) in [5, 5.41) is 24.2. The minimum atomic E-state index is -1.06. The van der Waals surface area contributed by atoms with Crippen molar-refractivity contribution in [2.75, 3.05) is 13.6 Å². The Kier molecular flexibility index (Phi) is 6.27. The quantitative estimate of drug-likeness (QED) is 0.379. The van der Waals surface area contributed by atoms with Gasteiger partial charge in [0.05, 0.1) is 17.5 Å². The Labute approximate surface area is 179 Å². The molecule has 2 heterocycles. The van der Waals surface area contributed by atoms with Gasteiger partial charge in [0.1, 0.15) is 0 Å². The molecule has 8 heteroatoms. The first-order chi connectivity index (χ1) is 13.5. The van der Waals surface area contributed by atoms with E-state index in [1.54, 1.807) is 37.4 Å². The lowest BCUT2D eigenvalue weighted by molar-refractivity contribution is -0.440. The van der Waals surface area contributed by atoms with Gasteiger partial charge in [0.15, 0.2) is 17.8 Å². The van der Waals surface area contributed by atoms with Gasteiger partial charge in [-0.3, -0.25) is 0 Å². The molecule has 0 saturated heterocycles. The van der Waals surface area contributed by atoms with Crippen LogP contribution in [0.3, 0.4) is 0 Å². The summed E-state index contributed by atoms with van der Waals surface area (Å²) < 4.78 is 6.16. The van der Waals surface area contributed by atoms with Crippen LogP contribution < -0.4 is 0 Å². The molecule has 2 aromatic carbocycles. The molecule has 1 unspecified atom stereocenters. The molecule has 0 bridgehead atoms. The number of aliphatic imine (C=N–C) groups is 1. The van der Waals surface area contributed by atoms with Crippen molar-refractivity contribution in [2.24, 2.45) is 4.99 Å². The predicted molar refractivity (Wildman–Crippen MR) is 115 cm³/mol. The molecular formula is C21H19Cl2N3O3. The molecule has 0 aliphatic carbocycles. The molecule has 1 N–H and O–H groups in total. The number of likely N-dealkylation sites (N-methyl/N-ethyl adjacent to an activating group) is 1. The molecule has 0 amide bonds. The number of rotatable bonds is 3. The molecule has 3 aromatic rings. The van der Waals surface area contributed by atoms with Crippen molar-refractivity contribution in [1.29, 1.82) is 0 Å². The van der Waals surface area contributed by atoms with Crippen molar-refractivity contribution in [2.45, 2.75) is 6.23 Å². The van der Waals surface area contributed by atoms with Crippen LogP contribution in [0.2, 0.25) is 5.02 Å². The fraction of sp³-hybridized carbons (Fsp3) is 0.143. The third-order valence-corrected chi connectivity index (χ3v) is 4.85. The first-order valence-electron chi connectivity index (χ1n) is 8.73. The maximum absolute atomic E-state index is 13.1. The van der Waals surface area contributed by atoms with Gasteiger partial charge in [-0.1, -0.05) is 29.8 Å². The van der Waals surface area contributed by atoms with Crippen molar-refractivity contribution in [3.63, 3.8) is 0 Å². The zero-order valence-electron chi connectivity index (χ0n) is 15.5. The number of aliphatic hydroxyl groups is 1. The normalized spacial score (nSPS) is 14.4. The molecule has 0 fully saturated rings. The second kappa shape index (κ2) is 8.69. The van der Waals surface area contributed by atoms with E-state index < -0.39 is 6.23 Å². The number of furan rings is 1. The van der Waals surface area contributed by atoms with Crippen molar-refractivity contribution in [3.8, 4) is 0 Å². The van der Waals surface area contributed by atoms with E-state index in [1.165, 1.54) is 11.2 Å². The number of halogens is 2. The summed E-state index contributed by atoms with van der Waals surface area (Å²) in [6.45, 7) is -0.0369. The number of aliphatic hydroxyl groups excluding tert-OH is 1. The van der Waals surface area contributed by atoms with E-state index in [2.05, 4.69) is 4.99 Å². The van der Waals surface area contributed by atoms with Gasteiger partial charge in [-0.15, -0.1) is 12.4 Å². The topological polar surface area (TPSA) is 75.0 Å². The maximum atomic E-state index is 13.1. The Balaban J connectivity index is 0.00000240. The highest BCUT2D eigenvalue weighted by Crippen LogP contribution is 2.29. The molecule has 0 radical (unpaired) electrons. The SMILES string of the molecule is CN(C1=Nc2ccc(Cl)cc2C(c2ccccc2)=[N+]([O-])C1)C(O)c1ccco1.Cl. The van der Waals surface area contributed by atoms with E-state index in [4.69, 9.17) is 16.0 Å². The van der Waals surface area contributed by atoms with Gasteiger partial charge in [0.2, 0.25) is 12.3 Å². The zero-order chi connectivity index (χ0) is 19.7. The first-order valence-corrected chi connectivity index (χ1v) is 9.11. The fourth-order valence-electron chi connectivity index (χ4n) is 3.17. The zero-order valence-corrected chi connectivity index (χ0v) is 17.1. The lowest BCUT2D eigenvalue weighted by atomic mass is 10.0. The van der Waals surface area contributed by atoms with Gasteiger partial charge in [-0.05, 0) is 42.5 Å². The van der Waals surface area contributed by atoms with Crippen LogP contribution in [0.4, 0.5) is 5.69 Å². The van der Waals surface area contributed by atoms with Gasteiger partial charge in [-0.25, -0.2) is 4.99 Å². The predicted octanol–water partition coefficient (Wildman–Crippen LogP) is 4.37. The highest BCUT2D eigenvalue weighted by atomic mass is 35.5. The number of nitrogens with zero attached hydrogens (tertiary/aromatic N) is 3. The fourth-order valence-corrected chi connectivity index (χ4v) is 3.34. The number of fused-ring (bicyclic) bond motifs is 1. The monoisotopic (exact) mass is 431 g/mol. The van der Waals surface area contributed by atoms with E-state index in [1.807, 2.05) is 30.3 Å². The van der Waals surface area contributed by atoms with Gasteiger partial charge < -0.3 is 19.6 Å². The summed E-state index contributed by atoms with van der Waals surface area (Å²) in [5.41, 5.74) is 2.50. The molecule has 1 atom stereocenters. The van der Waals surface area contributed by atoms with E-state index in [0.29, 0.717) is 33.6 Å². The minimum absolute atomic E-state index is 0. The van der Waals surface area contributed by atoms with E-state index >= 15 is 0 Å². The molecule has 4 rings (SSSR count). The third kappa shape index (κ3) is 4.15. The van der Waals surface area contributed by atoms with Crippen LogP contribution in [0, 0.1) is 5.21 Å². The standard InChI is InChI=1S/C21H18ClN3O3.ClH/c1-24(21(26)18-8-5-11-28-18)19-13-25(27)20(14-6-3-2-4-7-14)16-12-15(22)9-10-17(16)23-19;/h2-12,21,26H,13H2,1H3;1H. The van der Waals surface area contributed by atoms with Crippen molar-refractivity contribution in [3.05, 3.63) is 94.0 Å². The van der Waals surface area contributed by atoms with Gasteiger partial charge in [0, 0.05) is 17.6 Å². The molecule has 150 valence electrons. The molecule has 6 nitrogen and oxygen atoms in total. The van der Waals surface area contributed by atoms with Crippen LogP contribution in [0.1, 0.15) is 23.1 Å². The molecule has 0 saturated carbocycles. The van der Waals surface area contributed by atoms with E-state index in [9.17, 15) is 10.3 Å². The summed E-state index contributed by atoms with van der Waals surface area (Å²) in [5.74, 6) is 0.781. The third-order valence-electron chi connectivity index (χ3n) is 4.62. The van der Waals surface area contributed by atoms with Gasteiger partial charge >= 0.3 is 0 Å². The number of hydrogen-bond acceptors (Lipinski definition) is 5. The van der Waals surface area contributed by atoms with E-state index in [0.717, 1.165) is 10.3 Å². The molecule has 1 aliphatic rings. The van der Waals surface area contributed by atoms with Crippen LogP contribution in [0.5, 0.6) is 0 Å². The minimum Gasteiger partial charge on any atom is -0.623 e. The van der Waals surface area contributed by atoms with Crippen molar-refractivity contribution >= 4 is 41.2 Å². The lowest BCUT2D eigenvalue weighted by Crippen LogP contribution is -2.36. The summed E-state index contributed by atoms with van der Waals surface area (Å²) >= 11 is 6.20. The second-order valence-electron chi connectivity index (χ2n) is 6.44. The molecule has 1 aromatic heterocycles. The highest BCUT2D eigenvalue weighted by Gasteiger charge is 2.29. The average molecular weight is 432 g/mol. The van der Waals surface area contributed by atoms with Gasteiger partial charge in [-0.2, -0.15) is 4.74 Å². The smallest absolute Gasteiger partial charge is 0.228 e. The Morgan fingerprint density at radius 1 is 1.17 bits per heavy atom.